The number of aromatic nitrogens is 1. The molecule has 86 valence electrons. The van der Waals surface area contributed by atoms with Gasteiger partial charge in [-0.3, -0.25) is 4.79 Å². The maximum atomic E-state index is 11.0. The number of halogens is 1. The molecule has 2 nitrogen and oxygen atoms in total. The summed E-state index contributed by atoms with van der Waals surface area (Å²) in [5.74, 6) is 2.61. The number of carbonyl (C=O) groups excluding carboxylic acids is 1. The average Bonchev–Trinajstić information content (AvgIpc) is 2.67. The molecule has 3 heteroatoms. The minimum atomic E-state index is 0.672. The molecule has 0 spiro atoms. The highest BCUT2D eigenvalue weighted by Crippen LogP contribution is 2.24. The number of benzene rings is 1. The summed E-state index contributed by atoms with van der Waals surface area (Å²) in [6.45, 7) is 0.800. The topological polar surface area (TPSA) is 22.0 Å². The van der Waals surface area contributed by atoms with E-state index < -0.39 is 0 Å². The first kappa shape index (κ1) is 11.8. The minimum Gasteiger partial charge on any atom is -0.347 e. The Kier molecular flexibility index (Phi) is 3.51. The van der Waals surface area contributed by atoms with Crippen molar-refractivity contribution in [1.29, 1.82) is 0 Å². The van der Waals surface area contributed by atoms with Crippen molar-refractivity contribution < 1.29 is 4.79 Å². The fourth-order valence-electron chi connectivity index (χ4n) is 1.92. The van der Waals surface area contributed by atoms with Crippen molar-refractivity contribution in [1.82, 2.24) is 4.57 Å². The van der Waals surface area contributed by atoms with Gasteiger partial charge in [0.1, 0.15) is 0 Å². The van der Waals surface area contributed by atoms with E-state index in [9.17, 15) is 4.79 Å². The molecule has 17 heavy (non-hydrogen) atoms. The number of hydrogen-bond donors (Lipinski definition) is 0. The summed E-state index contributed by atoms with van der Waals surface area (Å²) in [5, 5.41) is 1.61. The molecule has 1 aromatic heterocycles. The van der Waals surface area contributed by atoms with Crippen molar-refractivity contribution in [2.75, 3.05) is 0 Å². The second kappa shape index (κ2) is 5.07. The predicted octanol–water partition coefficient (Wildman–Crippen LogP) is 3.52. The summed E-state index contributed by atoms with van der Waals surface area (Å²) in [7, 11) is 0. The molecule has 0 N–H and O–H groups in total. The lowest BCUT2D eigenvalue weighted by atomic mass is 10.2. The Morgan fingerprint density at radius 3 is 3.00 bits per heavy atom. The van der Waals surface area contributed by atoms with Crippen LogP contribution < -0.4 is 0 Å². The van der Waals surface area contributed by atoms with Crippen LogP contribution in [0.2, 0.25) is 5.02 Å². The lowest BCUT2D eigenvalue weighted by Crippen LogP contribution is -1.95. The largest absolute Gasteiger partial charge is 0.347 e. The molecule has 0 aliphatic heterocycles. The van der Waals surface area contributed by atoms with Gasteiger partial charge in [-0.15, -0.1) is 12.3 Å². The SMILES string of the molecule is C#CCCCn1cc(C=O)c2ccc(Cl)cc21. The molecule has 1 heterocycles. The van der Waals surface area contributed by atoms with Crippen molar-refractivity contribution >= 4 is 28.8 Å². The Labute approximate surface area is 105 Å². The molecule has 0 radical (unpaired) electrons. The number of aldehydes is 1. The van der Waals surface area contributed by atoms with Crippen molar-refractivity contribution in [2.24, 2.45) is 0 Å². The van der Waals surface area contributed by atoms with E-state index in [4.69, 9.17) is 18.0 Å². The van der Waals surface area contributed by atoms with Crippen LogP contribution in [0.4, 0.5) is 0 Å². The van der Waals surface area contributed by atoms with Crippen molar-refractivity contribution in [3.05, 3.63) is 35.0 Å². The van der Waals surface area contributed by atoms with Gasteiger partial charge in [0.05, 0.1) is 5.52 Å². The maximum absolute atomic E-state index is 11.0. The predicted molar refractivity (Wildman–Crippen MR) is 70.4 cm³/mol. The molecule has 0 aliphatic rings. The number of unbranched alkanes of at least 4 members (excludes halogenated alkanes) is 1. The summed E-state index contributed by atoms with van der Waals surface area (Å²) in [5.41, 5.74) is 1.67. The quantitative estimate of drug-likeness (QED) is 0.459. The Morgan fingerprint density at radius 1 is 1.47 bits per heavy atom. The van der Waals surface area contributed by atoms with Crippen molar-refractivity contribution in [2.45, 2.75) is 19.4 Å². The summed E-state index contributed by atoms with van der Waals surface area (Å²) >= 11 is 5.97. The van der Waals surface area contributed by atoms with Crippen LogP contribution in [0.1, 0.15) is 23.2 Å². The van der Waals surface area contributed by atoms with Crippen LogP contribution in [0.25, 0.3) is 10.9 Å². The summed E-state index contributed by atoms with van der Waals surface area (Å²) in [4.78, 5) is 11.0. The Bertz CT molecular complexity index is 592. The molecule has 0 bridgehead atoms. The fourth-order valence-corrected chi connectivity index (χ4v) is 2.09. The number of rotatable bonds is 4. The van der Waals surface area contributed by atoms with Gasteiger partial charge in [0.15, 0.2) is 6.29 Å². The highest BCUT2D eigenvalue weighted by atomic mass is 35.5. The Hall–Kier alpha value is -1.72. The van der Waals surface area contributed by atoms with Crippen LogP contribution in [-0.2, 0) is 6.54 Å². The lowest BCUT2D eigenvalue weighted by Gasteiger charge is -2.03. The lowest BCUT2D eigenvalue weighted by molar-refractivity contribution is 0.112. The highest BCUT2D eigenvalue weighted by Gasteiger charge is 2.07. The van der Waals surface area contributed by atoms with Gasteiger partial charge in [-0.1, -0.05) is 17.7 Å². The molecule has 0 fully saturated rings. The van der Waals surface area contributed by atoms with Crippen LogP contribution in [0.3, 0.4) is 0 Å². The number of nitrogens with zero attached hydrogens (tertiary/aromatic N) is 1. The van der Waals surface area contributed by atoms with Gasteiger partial charge in [-0.2, -0.15) is 0 Å². The second-order valence-electron chi connectivity index (χ2n) is 3.86. The van der Waals surface area contributed by atoms with E-state index in [1.165, 1.54) is 0 Å². The van der Waals surface area contributed by atoms with E-state index in [0.717, 1.165) is 36.6 Å². The smallest absolute Gasteiger partial charge is 0.152 e. The molecule has 0 atom stereocenters. The summed E-state index contributed by atoms with van der Waals surface area (Å²) in [6.07, 6.45) is 9.57. The molecular formula is C14H12ClNO. The van der Waals surface area contributed by atoms with Gasteiger partial charge in [0.25, 0.3) is 0 Å². The zero-order valence-electron chi connectivity index (χ0n) is 9.32. The molecule has 0 aliphatic carbocycles. The zero-order chi connectivity index (χ0) is 12.3. The van der Waals surface area contributed by atoms with E-state index in [0.29, 0.717) is 10.6 Å². The molecule has 2 rings (SSSR count). The van der Waals surface area contributed by atoms with Crippen LogP contribution in [-0.4, -0.2) is 10.9 Å². The highest BCUT2D eigenvalue weighted by molar-refractivity contribution is 6.31. The van der Waals surface area contributed by atoms with Gasteiger partial charge in [-0.05, 0) is 18.6 Å². The van der Waals surface area contributed by atoms with Gasteiger partial charge in [0.2, 0.25) is 0 Å². The number of fused-ring (bicyclic) bond motifs is 1. The first-order valence-electron chi connectivity index (χ1n) is 5.43. The molecular weight excluding hydrogens is 234 g/mol. The van der Waals surface area contributed by atoms with E-state index in [-0.39, 0.29) is 0 Å². The van der Waals surface area contributed by atoms with Crippen molar-refractivity contribution in [3.63, 3.8) is 0 Å². The van der Waals surface area contributed by atoms with Gasteiger partial charge >= 0.3 is 0 Å². The molecule has 0 saturated carbocycles. The van der Waals surface area contributed by atoms with E-state index in [1.54, 1.807) is 6.07 Å². The van der Waals surface area contributed by atoms with E-state index in [1.807, 2.05) is 22.9 Å². The normalized spacial score (nSPS) is 10.4. The zero-order valence-corrected chi connectivity index (χ0v) is 10.1. The fraction of sp³-hybridized carbons (Fsp3) is 0.214. The Balaban J connectivity index is 2.44. The number of terminal acetylenes is 1. The minimum absolute atomic E-state index is 0.672. The maximum Gasteiger partial charge on any atom is 0.152 e. The molecule has 0 unspecified atom stereocenters. The first-order valence-corrected chi connectivity index (χ1v) is 5.81. The average molecular weight is 246 g/mol. The second-order valence-corrected chi connectivity index (χ2v) is 4.30. The third-order valence-corrected chi connectivity index (χ3v) is 2.96. The number of carbonyl (C=O) groups is 1. The molecule has 2 aromatic rings. The third kappa shape index (κ3) is 2.35. The Morgan fingerprint density at radius 2 is 2.29 bits per heavy atom. The summed E-state index contributed by atoms with van der Waals surface area (Å²) in [6, 6.07) is 5.54. The van der Waals surface area contributed by atoms with Crippen LogP contribution >= 0.6 is 11.6 Å². The molecule has 0 amide bonds. The van der Waals surface area contributed by atoms with E-state index >= 15 is 0 Å². The van der Waals surface area contributed by atoms with Crippen LogP contribution in [0, 0.1) is 12.3 Å². The van der Waals surface area contributed by atoms with Crippen LogP contribution in [0.15, 0.2) is 24.4 Å². The number of aryl methyl sites for hydroxylation is 1. The third-order valence-electron chi connectivity index (χ3n) is 2.72. The molecule has 1 aromatic carbocycles. The van der Waals surface area contributed by atoms with Gasteiger partial charge < -0.3 is 4.57 Å². The monoisotopic (exact) mass is 245 g/mol. The molecule has 0 saturated heterocycles. The van der Waals surface area contributed by atoms with Gasteiger partial charge in [0, 0.05) is 35.1 Å². The van der Waals surface area contributed by atoms with Crippen molar-refractivity contribution in [3.8, 4) is 12.3 Å². The van der Waals surface area contributed by atoms with Gasteiger partial charge in [-0.25, -0.2) is 0 Å². The first-order chi connectivity index (χ1) is 8.26. The standard InChI is InChI=1S/C14H12ClNO/c1-2-3-4-7-16-9-11(10-17)13-6-5-12(15)8-14(13)16/h1,5-6,8-10H,3-4,7H2. The van der Waals surface area contributed by atoms with Crippen LogP contribution in [0.5, 0.6) is 0 Å². The summed E-state index contributed by atoms with van der Waals surface area (Å²) < 4.78 is 2.03. The number of hydrogen-bond acceptors (Lipinski definition) is 1. The van der Waals surface area contributed by atoms with E-state index in [2.05, 4.69) is 5.92 Å².